The lowest BCUT2D eigenvalue weighted by Gasteiger charge is -2.30. The number of nitrogens with one attached hydrogen (secondary N) is 1. The molecule has 3 rings (SSSR count). The van der Waals surface area contributed by atoms with E-state index in [2.05, 4.69) is 15.2 Å². The van der Waals surface area contributed by atoms with Gasteiger partial charge in [-0.1, -0.05) is 12.1 Å². The Bertz CT molecular complexity index is 548. The minimum atomic E-state index is -0.212. The van der Waals surface area contributed by atoms with Crippen molar-refractivity contribution in [2.75, 3.05) is 31.1 Å². The number of anilines is 1. The lowest BCUT2D eigenvalue weighted by molar-refractivity contribution is 0.585. The summed E-state index contributed by atoms with van der Waals surface area (Å²) < 4.78 is 13.0. The molecule has 0 spiro atoms. The third kappa shape index (κ3) is 2.58. The van der Waals surface area contributed by atoms with Gasteiger partial charge in [0.2, 0.25) is 0 Å². The fraction of sp³-hybridized carbons (Fsp3) is 0.267. The van der Waals surface area contributed by atoms with Crippen LogP contribution in [-0.4, -0.2) is 31.2 Å². The van der Waals surface area contributed by atoms with Gasteiger partial charge >= 0.3 is 0 Å². The van der Waals surface area contributed by atoms with Crippen LogP contribution in [0, 0.1) is 5.82 Å². The molecule has 3 nitrogen and oxygen atoms in total. The zero-order chi connectivity index (χ0) is 13.1. The Labute approximate surface area is 112 Å². The maximum Gasteiger partial charge on any atom is 0.136 e. The number of pyridine rings is 1. The molecule has 4 heteroatoms. The number of nitrogens with zero attached hydrogens (tertiary/aromatic N) is 2. The van der Waals surface area contributed by atoms with Crippen LogP contribution in [0.1, 0.15) is 0 Å². The van der Waals surface area contributed by atoms with Crippen molar-refractivity contribution < 1.29 is 4.39 Å². The van der Waals surface area contributed by atoms with Gasteiger partial charge in [-0.15, -0.1) is 0 Å². The fourth-order valence-corrected chi connectivity index (χ4v) is 2.38. The van der Waals surface area contributed by atoms with E-state index in [0.29, 0.717) is 0 Å². The Morgan fingerprint density at radius 1 is 1.05 bits per heavy atom. The molecule has 2 aromatic rings. The summed E-state index contributed by atoms with van der Waals surface area (Å²) in [7, 11) is 0. The minimum Gasteiger partial charge on any atom is -0.354 e. The summed E-state index contributed by atoms with van der Waals surface area (Å²) in [6.07, 6.45) is 1.81. The van der Waals surface area contributed by atoms with E-state index in [9.17, 15) is 4.39 Å². The number of halogens is 1. The molecule has 2 heterocycles. The molecule has 0 bridgehead atoms. The molecule has 1 fully saturated rings. The molecular weight excluding hydrogens is 241 g/mol. The second kappa shape index (κ2) is 5.36. The predicted octanol–water partition coefficient (Wildman–Crippen LogP) is 2.30. The van der Waals surface area contributed by atoms with E-state index in [0.717, 1.165) is 43.1 Å². The van der Waals surface area contributed by atoms with Gasteiger partial charge in [0.25, 0.3) is 0 Å². The largest absolute Gasteiger partial charge is 0.354 e. The third-order valence-corrected chi connectivity index (χ3v) is 3.36. The van der Waals surface area contributed by atoms with Gasteiger partial charge in [-0.2, -0.15) is 0 Å². The molecule has 0 aliphatic carbocycles. The second-order valence-electron chi connectivity index (χ2n) is 4.62. The zero-order valence-electron chi connectivity index (χ0n) is 10.6. The van der Waals surface area contributed by atoms with Crippen molar-refractivity contribution in [1.29, 1.82) is 0 Å². The Kier molecular flexibility index (Phi) is 3.42. The lowest BCUT2D eigenvalue weighted by Crippen LogP contribution is -2.44. The standard InChI is InChI=1S/C15H16FN3/c16-13-5-3-12(4-6-13)14-2-1-7-18-15(14)19-10-8-17-9-11-19/h1-7,17H,8-11H2. The van der Waals surface area contributed by atoms with E-state index in [1.807, 2.05) is 18.3 Å². The van der Waals surface area contributed by atoms with E-state index >= 15 is 0 Å². The van der Waals surface area contributed by atoms with Crippen LogP contribution in [0.15, 0.2) is 42.6 Å². The van der Waals surface area contributed by atoms with Crippen LogP contribution in [-0.2, 0) is 0 Å². The number of piperazine rings is 1. The quantitative estimate of drug-likeness (QED) is 0.894. The summed E-state index contributed by atoms with van der Waals surface area (Å²) in [6, 6.07) is 10.5. The Balaban J connectivity index is 1.98. The van der Waals surface area contributed by atoms with Crippen LogP contribution in [0.5, 0.6) is 0 Å². The van der Waals surface area contributed by atoms with Gasteiger partial charge < -0.3 is 10.2 Å². The highest BCUT2D eigenvalue weighted by molar-refractivity contribution is 5.75. The monoisotopic (exact) mass is 257 g/mol. The fourth-order valence-electron chi connectivity index (χ4n) is 2.38. The summed E-state index contributed by atoms with van der Waals surface area (Å²) in [5.74, 6) is 0.770. The van der Waals surface area contributed by atoms with Gasteiger partial charge in [0.05, 0.1) is 0 Å². The highest BCUT2D eigenvalue weighted by Gasteiger charge is 2.15. The topological polar surface area (TPSA) is 28.2 Å². The molecule has 0 atom stereocenters. The normalized spacial score (nSPS) is 15.5. The summed E-state index contributed by atoms with van der Waals surface area (Å²) in [4.78, 5) is 6.78. The molecule has 98 valence electrons. The van der Waals surface area contributed by atoms with Gasteiger partial charge in [0, 0.05) is 37.9 Å². The lowest BCUT2D eigenvalue weighted by atomic mass is 10.1. The van der Waals surface area contributed by atoms with E-state index in [-0.39, 0.29) is 5.82 Å². The molecule has 0 radical (unpaired) electrons. The average Bonchev–Trinajstić information content (AvgIpc) is 2.49. The molecule has 0 saturated carbocycles. The Morgan fingerprint density at radius 3 is 2.53 bits per heavy atom. The smallest absolute Gasteiger partial charge is 0.136 e. The van der Waals surface area contributed by atoms with Gasteiger partial charge in [0.15, 0.2) is 0 Å². The molecule has 1 N–H and O–H groups in total. The molecular formula is C15H16FN3. The molecule has 1 aliphatic heterocycles. The van der Waals surface area contributed by atoms with Crippen molar-refractivity contribution >= 4 is 5.82 Å². The number of benzene rings is 1. The molecule has 1 aromatic carbocycles. The molecule has 1 saturated heterocycles. The maximum absolute atomic E-state index is 13.0. The zero-order valence-corrected chi connectivity index (χ0v) is 10.6. The van der Waals surface area contributed by atoms with Crippen LogP contribution in [0.4, 0.5) is 10.2 Å². The van der Waals surface area contributed by atoms with E-state index in [1.165, 1.54) is 12.1 Å². The molecule has 19 heavy (non-hydrogen) atoms. The van der Waals surface area contributed by atoms with Gasteiger partial charge in [-0.05, 0) is 29.8 Å². The molecule has 0 unspecified atom stereocenters. The van der Waals surface area contributed by atoms with Crippen LogP contribution in [0.3, 0.4) is 0 Å². The van der Waals surface area contributed by atoms with E-state index < -0.39 is 0 Å². The second-order valence-corrected chi connectivity index (χ2v) is 4.62. The average molecular weight is 257 g/mol. The maximum atomic E-state index is 13.0. The Hall–Kier alpha value is -1.94. The van der Waals surface area contributed by atoms with E-state index in [4.69, 9.17) is 0 Å². The van der Waals surface area contributed by atoms with E-state index in [1.54, 1.807) is 12.1 Å². The van der Waals surface area contributed by atoms with Crippen molar-refractivity contribution in [3.05, 3.63) is 48.4 Å². The van der Waals surface area contributed by atoms with Gasteiger partial charge in [0.1, 0.15) is 11.6 Å². The van der Waals surface area contributed by atoms with Crippen LogP contribution >= 0.6 is 0 Å². The van der Waals surface area contributed by atoms with Crippen LogP contribution in [0.25, 0.3) is 11.1 Å². The Morgan fingerprint density at radius 2 is 1.79 bits per heavy atom. The van der Waals surface area contributed by atoms with Crippen molar-refractivity contribution in [3.8, 4) is 11.1 Å². The third-order valence-electron chi connectivity index (χ3n) is 3.36. The number of hydrogen-bond donors (Lipinski definition) is 1. The summed E-state index contributed by atoms with van der Waals surface area (Å²) >= 11 is 0. The first-order valence-electron chi connectivity index (χ1n) is 6.51. The van der Waals surface area contributed by atoms with Gasteiger partial charge in [-0.25, -0.2) is 9.37 Å². The van der Waals surface area contributed by atoms with Crippen LogP contribution in [0.2, 0.25) is 0 Å². The van der Waals surface area contributed by atoms with Crippen molar-refractivity contribution in [2.45, 2.75) is 0 Å². The van der Waals surface area contributed by atoms with Crippen molar-refractivity contribution in [1.82, 2.24) is 10.3 Å². The number of hydrogen-bond acceptors (Lipinski definition) is 3. The van der Waals surface area contributed by atoms with Crippen LogP contribution < -0.4 is 10.2 Å². The van der Waals surface area contributed by atoms with Crippen molar-refractivity contribution in [2.24, 2.45) is 0 Å². The minimum absolute atomic E-state index is 0.212. The summed E-state index contributed by atoms with van der Waals surface area (Å²) in [6.45, 7) is 3.84. The first kappa shape index (κ1) is 12.1. The summed E-state index contributed by atoms with van der Waals surface area (Å²) in [5.41, 5.74) is 2.06. The SMILES string of the molecule is Fc1ccc(-c2cccnc2N2CCNCC2)cc1. The van der Waals surface area contributed by atoms with Crippen molar-refractivity contribution in [3.63, 3.8) is 0 Å². The molecule has 1 aliphatic rings. The predicted molar refractivity (Wildman–Crippen MR) is 74.7 cm³/mol. The number of aromatic nitrogens is 1. The number of rotatable bonds is 2. The molecule has 1 aromatic heterocycles. The molecule has 0 amide bonds. The highest BCUT2D eigenvalue weighted by atomic mass is 19.1. The highest BCUT2D eigenvalue weighted by Crippen LogP contribution is 2.28. The first-order chi connectivity index (χ1) is 9.34. The first-order valence-corrected chi connectivity index (χ1v) is 6.51. The summed E-state index contributed by atoms with van der Waals surface area (Å²) in [5, 5.41) is 3.33. The van der Waals surface area contributed by atoms with Gasteiger partial charge in [-0.3, -0.25) is 0 Å².